The van der Waals surface area contributed by atoms with E-state index in [9.17, 15) is 18.0 Å². The van der Waals surface area contributed by atoms with Crippen molar-refractivity contribution in [3.63, 3.8) is 0 Å². The molecule has 1 aliphatic heterocycles. The number of rotatable bonds is 7. The summed E-state index contributed by atoms with van der Waals surface area (Å²) in [7, 11) is -0.452. The van der Waals surface area contributed by atoms with Crippen molar-refractivity contribution >= 4 is 27.5 Å². The van der Waals surface area contributed by atoms with Gasteiger partial charge in [0, 0.05) is 32.7 Å². The summed E-state index contributed by atoms with van der Waals surface area (Å²) in [5.74, 6) is 0.147. The molecule has 2 N–H and O–H groups in total. The zero-order chi connectivity index (χ0) is 20.0. The summed E-state index contributed by atoms with van der Waals surface area (Å²) >= 11 is 0. The first-order valence-electron chi connectivity index (χ1n) is 9.00. The second kappa shape index (κ2) is 9.29. The zero-order valence-electron chi connectivity index (χ0n) is 16.1. The van der Waals surface area contributed by atoms with Crippen LogP contribution in [0.4, 0.5) is 5.69 Å². The number of piperidine rings is 1. The van der Waals surface area contributed by atoms with E-state index in [0.717, 1.165) is 23.7 Å². The molecule has 1 aromatic rings. The van der Waals surface area contributed by atoms with Crippen molar-refractivity contribution in [3.05, 3.63) is 24.3 Å². The summed E-state index contributed by atoms with van der Waals surface area (Å²) in [6, 6.07) is 5.89. The first-order chi connectivity index (χ1) is 12.7. The molecule has 8 nitrogen and oxygen atoms in total. The molecule has 0 aliphatic carbocycles. The van der Waals surface area contributed by atoms with Gasteiger partial charge in [0.25, 0.3) is 0 Å². The van der Waals surface area contributed by atoms with Gasteiger partial charge in [-0.25, -0.2) is 8.42 Å². The van der Waals surface area contributed by atoms with Gasteiger partial charge >= 0.3 is 0 Å². The quantitative estimate of drug-likeness (QED) is 0.708. The number of amides is 2. The molecule has 0 bridgehead atoms. The van der Waals surface area contributed by atoms with Crippen LogP contribution < -0.4 is 10.6 Å². The molecule has 1 saturated heterocycles. The molecule has 0 aromatic heterocycles. The van der Waals surface area contributed by atoms with E-state index in [4.69, 9.17) is 0 Å². The number of carbonyl (C=O) groups is 2. The van der Waals surface area contributed by atoms with Crippen molar-refractivity contribution in [1.29, 1.82) is 0 Å². The Morgan fingerprint density at radius 3 is 2.30 bits per heavy atom. The molecule has 9 heteroatoms. The highest BCUT2D eigenvalue weighted by molar-refractivity contribution is 7.89. The predicted molar refractivity (Wildman–Crippen MR) is 104 cm³/mol. The summed E-state index contributed by atoms with van der Waals surface area (Å²) in [6.45, 7) is 3.44. The van der Waals surface area contributed by atoms with Gasteiger partial charge in [-0.15, -0.1) is 0 Å². The fourth-order valence-corrected chi connectivity index (χ4v) is 4.26. The fourth-order valence-electron chi connectivity index (χ4n) is 3.14. The van der Waals surface area contributed by atoms with Gasteiger partial charge in [0.15, 0.2) is 0 Å². The Labute approximate surface area is 161 Å². The van der Waals surface area contributed by atoms with Crippen LogP contribution in [0.25, 0.3) is 0 Å². The minimum atomic E-state index is -3.77. The van der Waals surface area contributed by atoms with Gasteiger partial charge in [-0.2, -0.15) is 4.31 Å². The summed E-state index contributed by atoms with van der Waals surface area (Å²) in [5, 5.41) is 5.74. The first kappa shape index (κ1) is 21.3. The largest absolute Gasteiger partial charge is 0.342 e. The summed E-state index contributed by atoms with van der Waals surface area (Å²) in [4.78, 5) is 25.3. The van der Waals surface area contributed by atoms with Crippen molar-refractivity contribution in [3.8, 4) is 0 Å². The van der Waals surface area contributed by atoms with Crippen LogP contribution in [0.5, 0.6) is 0 Å². The Morgan fingerprint density at radius 2 is 1.78 bits per heavy atom. The van der Waals surface area contributed by atoms with Crippen LogP contribution in [-0.4, -0.2) is 69.7 Å². The van der Waals surface area contributed by atoms with Crippen LogP contribution in [-0.2, 0) is 19.6 Å². The van der Waals surface area contributed by atoms with Crippen molar-refractivity contribution in [2.45, 2.75) is 24.7 Å². The standard InChI is InChI=1S/C18H28N4O4S/c1-14(23)20-16-4-6-17(7-5-16)27(25,26)21(3)13-18(24)22-10-8-15(9-11-22)12-19-2/h4-7,15,19H,8-13H2,1-3H3,(H,20,23). The molecule has 0 spiro atoms. The van der Waals surface area contributed by atoms with Crippen LogP contribution in [0.3, 0.4) is 0 Å². The van der Waals surface area contributed by atoms with E-state index in [1.54, 1.807) is 4.90 Å². The van der Waals surface area contributed by atoms with E-state index in [1.165, 1.54) is 38.2 Å². The second-order valence-corrected chi connectivity index (χ2v) is 8.89. The Morgan fingerprint density at radius 1 is 1.19 bits per heavy atom. The van der Waals surface area contributed by atoms with Crippen LogP contribution in [0, 0.1) is 5.92 Å². The van der Waals surface area contributed by atoms with Crippen LogP contribution in [0.15, 0.2) is 29.2 Å². The van der Waals surface area contributed by atoms with Crippen molar-refractivity contribution < 1.29 is 18.0 Å². The molecule has 1 heterocycles. The van der Waals surface area contributed by atoms with Crippen LogP contribution in [0.2, 0.25) is 0 Å². The highest BCUT2D eigenvalue weighted by Crippen LogP contribution is 2.19. The maximum atomic E-state index is 12.7. The fraction of sp³-hybridized carbons (Fsp3) is 0.556. The lowest BCUT2D eigenvalue weighted by molar-refractivity contribution is -0.132. The molecule has 1 aromatic carbocycles. The van der Waals surface area contributed by atoms with Gasteiger partial charge in [0.05, 0.1) is 11.4 Å². The van der Waals surface area contributed by atoms with Gasteiger partial charge in [-0.05, 0) is 56.6 Å². The van der Waals surface area contributed by atoms with Gasteiger partial charge in [-0.3, -0.25) is 9.59 Å². The highest BCUT2D eigenvalue weighted by atomic mass is 32.2. The van der Waals surface area contributed by atoms with E-state index in [2.05, 4.69) is 10.6 Å². The summed E-state index contributed by atoms with van der Waals surface area (Å²) in [5.41, 5.74) is 0.518. The molecule has 150 valence electrons. The number of likely N-dealkylation sites (tertiary alicyclic amines) is 1. The molecule has 0 atom stereocenters. The average molecular weight is 397 g/mol. The average Bonchev–Trinajstić information content (AvgIpc) is 2.62. The number of anilines is 1. The molecule has 27 heavy (non-hydrogen) atoms. The second-order valence-electron chi connectivity index (χ2n) is 6.85. The number of carbonyl (C=O) groups excluding carboxylic acids is 2. The Balaban J connectivity index is 1.96. The third-order valence-corrected chi connectivity index (χ3v) is 6.52. The molecule has 1 fully saturated rings. The lowest BCUT2D eigenvalue weighted by Crippen LogP contribution is -2.45. The van der Waals surface area contributed by atoms with E-state index < -0.39 is 10.0 Å². The van der Waals surface area contributed by atoms with Crippen molar-refractivity contribution in [2.75, 3.05) is 45.6 Å². The number of nitrogens with one attached hydrogen (secondary N) is 2. The summed E-state index contributed by atoms with van der Waals surface area (Å²) < 4.78 is 26.4. The molecule has 2 amide bonds. The number of benzene rings is 1. The minimum absolute atomic E-state index is 0.0830. The van der Waals surface area contributed by atoms with E-state index in [-0.39, 0.29) is 23.3 Å². The molecule has 1 aliphatic rings. The van der Waals surface area contributed by atoms with Gasteiger partial charge in [0.2, 0.25) is 21.8 Å². The van der Waals surface area contributed by atoms with E-state index in [1.807, 2.05) is 7.05 Å². The number of likely N-dealkylation sites (N-methyl/N-ethyl adjacent to an activating group) is 1. The summed E-state index contributed by atoms with van der Waals surface area (Å²) in [6.07, 6.45) is 1.85. The maximum Gasteiger partial charge on any atom is 0.243 e. The topological polar surface area (TPSA) is 98.8 Å². The Bertz CT molecular complexity index is 756. The molecular formula is C18H28N4O4S. The third kappa shape index (κ3) is 5.75. The minimum Gasteiger partial charge on any atom is -0.342 e. The van der Waals surface area contributed by atoms with Crippen LogP contribution in [0.1, 0.15) is 19.8 Å². The molecule has 0 saturated carbocycles. The lowest BCUT2D eigenvalue weighted by Gasteiger charge is -2.32. The smallest absolute Gasteiger partial charge is 0.243 e. The number of hydrogen-bond acceptors (Lipinski definition) is 5. The van der Waals surface area contributed by atoms with E-state index in [0.29, 0.717) is 24.7 Å². The third-order valence-electron chi connectivity index (χ3n) is 4.70. The van der Waals surface area contributed by atoms with Crippen molar-refractivity contribution in [1.82, 2.24) is 14.5 Å². The number of hydrogen-bond donors (Lipinski definition) is 2. The SMILES string of the molecule is CNCC1CCN(C(=O)CN(C)S(=O)(=O)c2ccc(NC(C)=O)cc2)CC1. The number of sulfonamides is 1. The molecular weight excluding hydrogens is 368 g/mol. The molecule has 2 rings (SSSR count). The van der Waals surface area contributed by atoms with Gasteiger partial charge < -0.3 is 15.5 Å². The molecule has 0 radical (unpaired) electrons. The zero-order valence-corrected chi connectivity index (χ0v) is 16.9. The highest BCUT2D eigenvalue weighted by Gasteiger charge is 2.27. The van der Waals surface area contributed by atoms with Crippen LogP contribution >= 0.6 is 0 Å². The Kier molecular flexibility index (Phi) is 7.34. The maximum absolute atomic E-state index is 12.7. The molecule has 0 unspecified atom stereocenters. The van der Waals surface area contributed by atoms with Gasteiger partial charge in [-0.1, -0.05) is 0 Å². The monoisotopic (exact) mass is 396 g/mol. The first-order valence-corrected chi connectivity index (χ1v) is 10.4. The Hall–Kier alpha value is -1.97. The van der Waals surface area contributed by atoms with E-state index >= 15 is 0 Å². The van der Waals surface area contributed by atoms with Crippen molar-refractivity contribution in [2.24, 2.45) is 5.92 Å². The number of nitrogens with zero attached hydrogens (tertiary/aromatic N) is 2. The predicted octanol–water partition coefficient (Wildman–Crippen LogP) is 0.724. The normalized spacial score (nSPS) is 15.8. The lowest BCUT2D eigenvalue weighted by atomic mass is 9.97. The van der Waals surface area contributed by atoms with Gasteiger partial charge in [0.1, 0.15) is 0 Å².